The monoisotopic (exact) mass is 258 g/mol. The van der Waals surface area contributed by atoms with Gasteiger partial charge in [-0.1, -0.05) is 6.07 Å². The van der Waals surface area contributed by atoms with Gasteiger partial charge in [0.25, 0.3) is 5.69 Å². The highest BCUT2D eigenvalue weighted by Gasteiger charge is 2.12. The van der Waals surface area contributed by atoms with Crippen LogP contribution in [0.4, 0.5) is 17.1 Å². The van der Waals surface area contributed by atoms with Crippen LogP contribution in [0.15, 0.2) is 42.7 Å². The fourth-order valence-electron chi connectivity index (χ4n) is 1.78. The molecule has 1 unspecified atom stereocenters. The lowest BCUT2D eigenvalue weighted by Crippen LogP contribution is -2.07. The fraction of sp³-hybridized carbons (Fsp3) is 0.154. The summed E-state index contributed by atoms with van der Waals surface area (Å²) in [6, 6.07) is 8.45. The highest BCUT2D eigenvalue weighted by atomic mass is 16.6. The van der Waals surface area contributed by atoms with Crippen LogP contribution in [0.3, 0.4) is 0 Å². The van der Waals surface area contributed by atoms with Gasteiger partial charge in [0.05, 0.1) is 11.0 Å². The third-order valence-corrected chi connectivity index (χ3v) is 2.79. The van der Waals surface area contributed by atoms with Gasteiger partial charge in [-0.15, -0.1) is 0 Å². The van der Waals surface area contributed by atoms with Gasteiger partial charge < -0.3 is 11.1 Å². The summed E-state index contributed by atoms with van der Waals surface area (Å²) in [7, 11) is 0. The molecule has 0 aliphatic carbocycles. The number of rotatable bonds is 4. The zero-order valence-electron chi connectivity index (χ0n) is 10.4. The molecular formula is C13H14N4O2. The molecule has 1 atom stereocenters. The van der Waals surface area contributed by atoms with Crippen LogP contribution in [-0.4, -0.2) is 9.91 Å². The number of pyridine rings is 1. The number of nitro benzene ring substituents is 1. The van der Waals surface area contributed by atoms with Crippen LogP contribution in [0, 0.1) is 10.1 Å². The third kappa shape index (κ3) is 2.98. The van der Waals surface area contributed by atoms with E-state index in [4.69, 9.17) is 5.73 Å². The van der Waals surface area contributed by atoms with Gasteiger partial charge in [-0.2, -0.15) is 0 Å². The molecule has 0 aliphatic heterocycles. The predicted octanol–water partition coefficient (Wildman–Crippen LogP) is 2.75. The number of benzene rings is 1. The van der Waals surface area contributed by atoms with Crippen molar-refractivity contribution in [1.82, 2.24) is 4.98 Å². The number of nitrogens with two attached hydrogens (primary N) is 1. The molecule has 98 valence electrons. The van der Waals surface area contributed by atoms with E-state index < -0.39 is 4.92 Å². The smallest absolute Gasteiger partial charge is 0.292 e. The standard InChI is InChI=1S/C13H14N4O2/c1-9(10-3-2-6-15-8-10)16-11-4-5-13(17(18)19)12(14)7-11/h2-9,16H,14H2,1H3. The first-order chi connectivity index (χ1) is 9.08. The van der Waals surface area contributed by atoms with Crippen molar-refractivity contribution in [2.45, 2.75) is 13.0 Å². The summed E-state index contributed by atoms with van der Waals surface area (Å²) >= 11 is 0. The molecule has 2 rings (SSSR count). The Morgan fingerprint density at radius 2 is 2.21 bits per heavy atom. The van der Waals surface area contributed by atoms with Gasteiger partial charge in [0.2, 0.25) is 0 Å². The molecule has 0 spiro atoms. The minimum absolute atomic E-state index is 0.0366. The Balaban J connectivity index is 2.16. The normalized spacial score (nSPS) is 11.8. The molecule has 0 aliphatic rings. The van der Waals surface area contributed by atoms with Crippen LogP contribution >= 0.6 is 0 Å². The van der Waals surface area contributed by atoms with Crippen LogP contribution in [0.1, 0.15) is 18.5 Å². The molecule has 0 saturated carbocycles. The second kappa shape index (κ2) is 5.34. The minimum Gasteiger partial charge on any atom is -0.393 e. The molecular weight excluding hydrogens is 244 g/mol. The first kappa shape index (κ1) is 12.8. The maximum atomic E-state index is 10.7. The van der Waals surface area contributed by atoms with Crippen LogP contribution in [0.25, 0.3) is 0 Å². The zero-order valence-corrected chi connectivity index (χ0v) is 10.4. The maximum absolute atomic E-state index is 10.7. The van der Waals surface area contributed by atoms with E-state index in [1.807, 2.05) is 19.1 Å². The summed E-state index contributed by atoms with van der Waals surface area (Å²) < 4.78 is 0. The Labute approximate surface area is 110 Å². The number of hydrogen-bond donors (Lipinski definition) is 2. The van der Waals surface area contributed by atoms with Crippen molar-refractivity contribution in [1.29, 1.82) is 0 Å². The van der Waals surface area contributed by atoms with E-state index >= 15 is 0 Å². The number of aromatic nitrogens is 1. The molecule has 1 aromatic carbocycles. The van der Waals surface area contributed by atoms with Gasteiger partial charge in [0.1, 0.15) is 5.69 Å². The molecule has 1 heterocycles. The van der Waals surface area contributed by atoms with E-state index in [1.165, 1.54) is 6.07 Å². The molecule has 6 heteroatoms. The van der Waals surface area contributed by atoms with E-state index in [0.717, 1.165) is 11.3 Å². The summed E-state index contributed by atoms with van der Waals surface area (Å²) in [6.45, 7) is 1.98. The highest BCUT2D eigenvalue weighted by molar-refractivity contribution is 5.66. The lowest BCUT2D eigenvalue weighted by atomic mass is 10.1. The second-order valence-corrected chi connectivity index (χ2v) is 4.18. The number of nitrogen functional groups attached to an aromatic ring is 1. The quantitative estimate of drug-likeness (QED) is 0.499. The number of anilines is 2. The third-order valence-electron chi connectivity index (χ3n) is 2.79. The average Bonchev–Trinajstić information content (AvgIpc) is 2.39. The molecule has 0 bridgehead atoms. The van der Waals surface area contributed by atoms with E-state index in [0.29, 0.717) is 0 Å². The van der Waals surface area contributed by atoms with Gasteiger partial charge >= 0.3 is 0 Å². The molecule has 0 fully saturated rings. The molecule has 1 aromatic heterocycles. The molecule has 2 aromatic rings. The first-order valence-electron chi connectivity index (χ1n) is 5.78. The number of nitro groups is 1. The van der Waals surface area contributed by atoms with E-state index in [-0.39, 0.29) is 17.4 Å². The predicted molar refractivity (Wildman–Crippen MR) is 73.8 cm³/mol. The van der Waals surface area contributed by atoms with E-state index in [9.17, 15) is 10.1 Å². The molecule has 0 radical (unpaired) electrons. The van der Waals surface area contributed by atoms with Crippen LogP contribution < -0.4 is 11.1 Å². The van der Waals surface area contributed by atoms with Crippen molar-refractivity contribution in [3.63, 3.8) is 0 Å². The summed E-state index contributed by atoms with van der Waals surface area (Å²) in [5.41, 5.74) is 7.47. The average molecular weight is 258 g/mol. The summed E-state index contributed by atoms with van der Waals surface area (Å²) in [4.78, 5) is 14.2. The number of hydrogen-bond acceptors (Lipinski definition) is 5. The van der Waals surface area contributed by atoms with Crippen molar-refractivity contribution in [3.05, 3.63) is 58.4 Å². The Morgan fingerprint density at radius 1 is 1.42 bits per heavy atom. The van der Waals surface area contributed by atoms with Crippen LogP contribution in [-0.2, 0) is 0 Å². The summed E-state index contributed by atoms with van der Waals surface area (Å²) in [5, 5.41) is 13.9. The van der Waals surface area contributed by atoms with Gasteiger partial charge in [0.15, 0.2) is 0 Å². The summed E-state index contributed by atoms with van der Waals surface area (Å²) in [5.74, 6) is 0. The lowest BCUT2D eigenvalue weighted by Gasteiger charge is -2.15. The Morgan fingerprint density at radius 3 is 2.79 bits per heavy atom. The Hall–Kier alpha value is -2.63. The molecule has 0 saturated heterocycles. The van der Waals surface area contributed by atoms with Crippen LogP contribution in [0.5, 0.6) is 0 Å². The molecule has 3 N–H and O–H groups in total. The van der Waals surface area contributed by atoms with Crippen molar-refractivity contribution in [2.24, 2.45) is 0 Å². The van der Waals surface area contributed by atoms with Crippen molar-refractivity contribution in [2.75, 3.05) is 11.1 Å². The molecule has 19 heavy (non-hydrogen) atoms. The largest absolute Gasteiger partial charge is 0.393 e. The SMILES string of the molecule is CC(Nc1ccc([N+](=O)[O-])c(N)c1)c1cccnc1. The number of nitrogens with one attached hydrogen (secondary N) is 1. The van der Waals surface area contributed by atoms with Gasteiger partial charge in [0, 0.05) is 24.1 Å². The highest BCUT2D eigenvalue weighted by Crippen LogP contribution is 2.26. The minimum atomic E-state index is -0.496. The van der Waals surface area contributed by atoms with Gasteiger partial charge in [-0.25, -0.2) is 0 Å². The lowest BCUT2D eigenvalue weighted by molar-refractivity contribution is -0.383. The topological polar surface area (TPSA) is 94.1 Å². The van der Waals surface area contributed by atoms with Crippen molar-refractivity contribution in [3.8, 4) is 0 Å². The van der Waals surface area contributed by atoms with Crippen molar-refractivity contribution < 1.29 is 4.92 Å². The van der Waals surface area contributed by atoms with Crippen molar-refractivity contribution >= 4 is 17.1 Å². The zero-order chi connectivity index (χ0) is 13.8. The molecule has 6 nitrogen and oxygen atoms in total. The van der Waals surface area contributed by atoms with E-state index in [1.54, 1.807) is 24.5 Å². The van der Waals surface area contributed by atoms with Gasteiger partial charge in [-0.05, 0) is 30.7 Å². The second-order valence-electron chi connectivity index (χ2n) is 4.18. The number of nitrogens with zero attached hydrogens (tertiary/aromatic N) is 2. The van der Waals surface area contributed by atoms with Gasteiger partial charge in [-0.3, -0.25) is 15.1 Å². The maximum Gasteiger partial charge on any atom is 0.292 e. The van der Waals surface area contributed by atoms with E-state index in [2.05, 4.69) is 10.3 Å². The Kier molecular flexibility index (Phi) is 3.61. The summed E-state index contributed by atoms with van der Waals surface area (Å²) in [6.07, 6.45) is 3.48. The Bertz CT molecular complexity index is 586. The van der Waals surface area contributed by atoms with Crippen LogP contribution in [0.2, 0.25) is 0 Å². The molecule has 0 amide bonds. The first-order valence-corrected chi connectivity index (χ1v) is 5.78. The fourth-order valence-corrected chi connectivity index (χ4v) is 1.78.